The molecule has 0 bridgehead atoms. The Morgan fingerprint density at radius 3 is 2.70 bits per heavy atom. The molecule has 172 valence electrons. The Kier molecular flexibility index (Phi) is 7.06. The van der Waals surface area contributed by atoms with Crippen molar-refractivity contribution < 1.29 is 28.2 Å². The number of halogens is 1. The Morgan fingerprint density at radius 2 is 1.94 bits per heavy atom. The van der Waals surface area contributed by atoms with Gasteiger partial charge in [0.2, 0.25) is 5.91 Å². The lowest BCUT2D eigenvalue weighted by atomic mass is 10.0. The number of primary amides is 1. The van der Waals surface area contributed by atoms with E-state index in [1.165, 1.54) is 18.2 Å². The Hall–Kier alpha value is -3.63. The van der Waals surface area contributed by atoms with E-state index in [1.807, 2.05) is 0 Å². The maximum atomic E-state index is 14.7. The van der Waals surface area contributed by atoms with Crippen LogP contribution in [0.3, 0.4) is 0 Å². The van der Waals surface area contributed by atoms with Crippen LogP contribution in [-0.4, -0.2) is 72.8 Å². The monoisotopic (exact) mass is 454 g/mol. The Morgan fingerprint density at radius 1 is 1.12 bits per heavy atom. The highest BCUT2D eigenvalue weighted by molar-refractivity contribution is 5.97. The zero-order chi connectivity index (χ0) is 23.2. The molecule has 1 aromatic carbocycles. The number of fused-ring (bicyclic) bond motifs is 1. The number of amides is 2. The number of rotatable bonds is 8. The Bertz CT molecular complexity index is 1170. The summed E-state index contributed by atoms with van der Waals surface area (Å²) in [5, 5.41) is 0.696. The van der Waals surface area contributed by atoms with Crippen LogP contribution >= 0.6 is 0 Å². The molecule has 33 heavy (non-hydrogen) atoms. The molecule has 1 aliphatic heterocycles. The van der Waals surface area contributed by atoms with E-state index >= 15 is 0 Å². The van der Waals surface area contributed by atoms with Gasteiger partial charge in [-0.25, -0.2) is 9.37 Å². The van der Waals surface area contributed by atoms with Crippen molar-refractivity contribution in [3.8, 4) is 16.9 Å². The molecule has 0 saturated carbocycles. The van der Waals surface area contributed by atoms with Gasteiger partial charge < -0.3 is 24.8 Å². The smallest absolute Gasteiger partial charge is 0.267 e. The fourth-order valence-electron chi connectivity index (χ4n) is 3.45. The maximum Gasteiger partial charge on any atom is 0.267 e. The van der Waals surface area contributed by atoms with Gasteiger partial charge >= 0.3 is 0 Å². The van der Waals surface area contributed by atoms with Crippen LogP contribution in [-0.2, 0) is 14.3 Å². The van der Waals surface area contributed by atoms with Crippen LogP contribution in [0.25, 0.3) is 22.0 Å². The third-order valence-electron chi connectivity index (χ3n) is 5.17. The summed E-state index contributed by atoms with van der Waals surface area (Å²) in [5.41, 5.74) is 7.03. The molecule has 0 atom stereocenters. The summed E-state index contributed by atoms with van der Waals surface area (Å²) in [6.07, 6.45) is 3.16. The van der Waals surface area contributed by atoms with Gasteiger partial charge in [0.05, 0.1) is 25.3 Å². The predicted molar refractivity (Wildman–Crippen MR) is 117 cm³/mol. The number of hydrogen-bond donors (Lipinski definition) is 1. The Labute approximate surface area is 189 Å². The van der Waals surface area contributed by atoms with Crippen LogP contribution in [0.4, 0.5) is 4.39 Å². The minimum Gasteiger partial charge on any atom is -0.488 e. The summed E-state index contributed by atoms with van der Waals surface area (Å²) in [4.78, 5) is 33.7. The van der Waals surface area contributed by atoms with E-state index in [0.717, 1.165) is 0 Å². The molecule has 4 rings (SSSR count). The molecule has 0 unspecified atom stereocenters. The highest BCUT2D eigenvalue weighted by atomic mass is 19.1. The van der Waals surface area contributed by atoms with Crippen molar-refractivity contribution in [2.45, 2.75) is 0 Å². The first-order valence-corrected chi connectivity index (χ1v) is 10.4. The van der Waals surface area contributed by atoms with E-state index in [9.17, 15) is 14.0 Å². The second kappa shape index (κ2) is 10.3. The molecule has 1 aliphatic rings. The van der Waals surface area contributed by atoms with Crippen molar-refractivity contribution >= 4 is 22.7 Å². The summed E-state index contributed by atoms with van der Waals surface area (Å²) in [7, 11) is 0. The van der Waals surface area contributed by atoms with Crippen LogP contribution in [0.2, 0.25) is 0 Å². The molecule has 1 fully saturated rings. The lowest BCUT2D eigenvalue weighted by molar-refractivity contribution is -0.140. The largest absolute Gasteiger partial charge is 0.488 e. The van der Waals surface area contributed by atoms with Crippen molar-refractivity contribution in [2.75, 3.05) is 46.1 Å². The molecule has 2 N–H and O–H groups in total. The molecule has 0 aliphatic carbocycles. The van der Waals surface area contributed by atoms with Gasteiger partial charge in [0, 0.05) is 36.4 Å². The molecule has 0 radical (unpaired) electrons. The van der Waals surface area contributed by atoms with Crippen LogP contribution in [0, 0.1) is 5.82 Å². The molecule has 10 heteroatoms. The molecule has 9 nitrogen and oxygen atoms in total. The van der Waals surface area contributed by atoms with E-state index in [1.54, 1.807) is 29.4 Å². The van der Waals surface area contributed by atoms with Crippen molar-refractivity contribution in [1.29, 1.82) is 0 Å². The van der Waals surface area contributed by atoms with Crippen molar-refractivity contribution in [3.05, 3.63) is 54.2 Å². The zero-order valence-corrected chi connectivity index (χ0v) is 17.8. The first-order valence-electron chi connectivity index (χ1n) is 10.4. The van der Waals surface area contributed by atoms with Gasteiger partial charge in [-0.3, -0.25) is 14.6 Å². The van der Waals surface area contributed by atoms with Gasteiger partial charge in [0.25, 0.3) is 5.91 Å². The van der Waals surface area contributed by atoms with E-state index < -0.39 is 11.7 Å². The zero-order valence-electron chi connectivity index (χ0n) is 17.8. The number of aromatic nitrogens is 2. The van der Waals surface area contributed by atoms with Crippen LogP contribution < -0.4 is 10.5 Å². The first kappa shape index (κ1) is 22.6. The molecule has 2 amide bonds. The second-order valence-corrected chi connectivity index (χ2v) is 7.36. The van der Waals surface area contributed by atoms with Gasteiger partial charge in [-0.2, -0.15) is 0 Å². The van der Waals surface area contributed by atoms with E-state index in [0.29, 0.717) is 48.3 Å². The lowest BCUT2D eigenvalue weighted by Gasteiger charge is -2.26. The Balaban J connectivity index is 1.37. The quantitative estimate of drug-likeness (QED) is 0.516. The number of nitrogens with zero attached hydrogens (tertiary/aromatic N) is 3. The van der Waals surface area contributed by atoms with Crippen LogP contribution in [0.1, 0.15) is 10.5 Å². The standard InChI is InChI=1S/C23H23FN4O5/c24-18-11-15(17-13-26-12-16-1-3-19(23(25)30)27-22(16)17)2-4-20(18)33-10-9-32-14-21(29)28-5-7-31-8-6-28/h1-4,11-13H,5-10,14H2,(H2,25,30). The summed E-state index contributed by atoms with van der Waals surface area (Å²) >= 11 is 0. The molecular weight excluding hydrogens is 431 g/mol. The number of morpholine rings is 1. The molecule has 0 spiro atoms. The lowest BCUT2D eigenvalue weighted by Crippen LogP contribution is -2.42. The number of carbonyl (C=O) groups excluding carboxylic acids is 2. The molecule has 2 aromatic heterocycles. The van der Waals surface area contributed by atoms with Crippen LogP contribution in [0.15, 0.2) is 42.7 Å². The number of carbonyl (C=O) groups is 2. The van der Waals surface area contributed by atoms with Gasteiger partial charge in [0.1, 0.15) is 18.9 Å². The number of benzene rings is 1. The second-order valence-electron chi connectivity index (χ2n) is 7.36. The van der Waals surface area contributed by atoms with E-state index in [2.05, 4.69) is 9.97 Å². The summed E-state index contributed by atoms with van der Waals surface area (Å²) in [6.45, 7) is 2.35. The van der Waals surface area contributed by atoms with Gasteiger partial charge in [-0.05, 0) is 29.8 Å². The maximum absolute atomic E-state index is 14.7. The minimum absolute atomic E-state index is 0.0563. The summed E-state index contributed by atoms with van der Waals surface area (Å²) in [5.74, 6) is -1.27. The summed E-state index contributed by atoms with van der Waals surface area (Å²) < 4.78 is 30.7. The van der Waals surface area contributed by atoms with E-state index in [4.69, 9.17) is 19.9 Å². The third-order valence-corrected chi connectivity index (χ3v) is 5.17. The number of hydrogen-bond acceptors (Lipinski definition) is 7. The average Bonchev–Trinajstić information content (AvgIpc) is 2.84. The first-order chi connectivity index (χ1) is 16.0. The molecule has 3 aromatic rings. The van der Waals surface area contributed by atoms with Crippen molar-refractivity contribution in [1.82, 2.24) is 14.9 Å². The highest BCUT2D eigenvalue weighted by Crippen LogP contribution is 2.30. The highest BCUT2D eigenvalue weighted by Gasteiger charge is 2.17. The van der Waals surface area contributed by atoms with Gasteiger partial charge in [-0.1, -0.05) is 6.07 Å². The fraction of sp³-hybridized carbons (Fsp3) is 0.304. The molecule has 3 heterocycles. The SMILES string of the molecule is NC(=O)c1ccc2cncc(-c3ccc(OCCOCC(=O)N4CCOCC4)c(F)c3)c2n1. The van der Waals surface area contributed by atoms with Crippen LogP contribution in [0.5, 0.6) is 5.75 Å². The molecule has 1 saturated heterocycles. The van der Waals surface area contributed by atoms with Gasteiger partial charge in [-0.15, -0.1) is 0 Å². The van der Waals surface area contributed by atoms with Crippen molar-refractivity contribution in [2.24, 2.45) is 5.73 Å². The van der Waals surface area contributed by atoms with Gasteiger partial charge in [0.15, 0.2) is 11.6 Å². The number of ether oxygens (including phenoxy) is 3. The number of pyridine rings is 2. The third kappa shape index (κ3) is 5.41. The molecular formula is C23H23FN4O5. The average molecular weight is 454 g/mol. The normalized spacial score (nSPS) is 13.8. The van der Waals surface area contributed by atoms with Crippen molar-refractivity contribution in [3.63, 3.8) is 0 Å². The van der Waals surface area contributed by atoms with E-state index in [-0.39, 0.29) is 37.2 Å². The summed E-state index contributed by atoms with van der Waals surface area (Å²) in [6, 6.07) is 7.70. The number of nitrogens with two attached hydrogens (primary N) is 1. The minimum atomic E-state index is -0.650. The predicted octanol–water partition coefficient (Wildman–Crippen LogP) is 1.79. The topological polar surface area (TPSA) is 117 Å². The fourth-order valence-corrected chi connectivity index (χ4v) is 3.45.